The quantitative estimate of drug-likeness (QED) is 0.846. The normalized spacial score (nSPS) is 10.3. The van der Waals surface area contributed by atoms with E-state index in [4.69, 9.17) is 5.73 Å². The smallest absolute Gasteiger partial charge is 0.249 e. The Bertz CT molecular complexity index is 636. The molecule has 0 atom stereocenters. The summed E-state index contributed by atoms with van der Waals surface area (Å²) in [5.74, 6) is -4.68. The lowest BCUT2D eigenvalue weighted by molar-refractivity contribution is 0.0999. The third kappa shape index (κ3) is 2.90. The van der Waals surface area contributed by atoms with Gasteiger partial charge < -0.3 is 11.1 Å². The number of carbonyl (C=O) groups excluding carboxylic acids is 1. The van der Waals surface area contributed by atoms with Gasteiger partial charge in [-0.1, -0.05) is 18.2 Å². The van der Waals surface area contributed by atoms with Gasteiger partial charge in [-0.25, -0.2) is 13.2 Å². The lowest BCUT2D eigenvalue weighted by Gasteiger charge is -2.10. The largest absolute Gasteiger partial charge is 0.381 e. The number of halogens is 3. The molecule has 0 aliphatic carbocycles. The van der Waals surface area contributed by atoms with Gasteiger partial charge in [0.2, 0.25) is 5.91 Å². The number of hydrogen-bond donors (Lipinski definition) is 2. The molecule has 0 saturated carbocycles. The topological polar surface area (TPSA) is 55.1 Å². The van der Waals surface area contributed by atoms with Gasteiger partial charge >= 0.3 is 0 Å². The van der Waals surface area contributed by atoms with E-state index in [1.807, 2.05) is 0 Å². The molecule has 6 heteroatoms. The maximum atomic E-state index is 13.0. The van der Waals surface area contributed by atoms with Crippen molar-refractivity contribution in [1.29, 1.82) is 0 Å². The Labute approximate surface area is 113 Å². The molecule has 0 bridgehead atoms. The van der Waals surface area contributed by atoms with Crippen molar-refractivity contribution in [3.8, 4) is 0 Å². The van der Waals surface area contributed by atoms with Crippen LogP contribution in [-0.4, -0.2) is 5.91 Å². The van der Waals surface area contributed by atoms with E-state index in [0.29, 0.717) is 11.1 Å². The fourth-order valence-electron chi connectivity index (χ4n) is 1.77. The third-order valence-electron chi connectivity index (χ3n) is 2.75. The van der Waals surface area contributed by atoms with E-state index in [-0.39, 0.29) is 12.2 Å². The van der Waals surface area contributed by atoms with Crippen LogP contribution in [0.25, 0.3) is 0 Å². The van der Waals surface area contributed by atoms with Crippen molar-refractivity contribution in [2.24, 2.45) is 5.73 Å². The van der Waals surface area contributed by atoms with E-state index in [1.165, 1.54) is 0 Å². The summed E-state index contributed by atoms with van der Waals surface area (Å²) in [4.78, 5) is 11.2. The average molecular weight is 280 g/mol. The van der Waals surface area contributed by atoms with Crippen LogP contribution in [-0.2, 0) is 6.54 Å². The second-order valence-electron chi connectivity index (χ2n) is 4.13. The van der Waals surface area contributed by atoms with E-state index in [0.717, 1.165) is 12.1 Å². The predicted molar refractivity (Wildman–Crippen MR) is 68.6 cm³/mol. The lowest BCUT2D eigenvalue weighted by atomic mass is 10.1. The molecule has 2 rings (SSSR count). The van der Waals surface area contributed by atoms with E-state index in [9.17, 15) is 18.0 Å². The molecule has 0 unspecified atom stereocenters. The molecule has 0 fully saturated rings. The Balaban J connectivity index is 2.19. The minimum atomic E-state index is -1.52. The predicted octanol–water partition coefficient (Wildman–Crippen LogP) is 2.81. The highest BCUT2D eigenvalue weighted by Crippen LogP contribution is 2.18. The molecule has 0 spiro atoms. The van der Waals surface area contributed by atoms with Gasteiger partial charge in [0.25, 0.3) is 0 Å². The van der Waals surface area contributed by atoms with Gasteiger partial charge in [-0.2, -0.15) is 0 Å². The first kappa shape index (κ1) is 13.9. The third-order valence-corrected chi connectivity index (χ3v) is 2.75. The van der Waals surface area contributed by atoms with Crippen molar-refractivity contribution in [2.45, 2.75) is 6.54 Å². The number of hydrogen-bond acceptors (Lipinski definition) is 2. The number of amides is 1. The molecule has 1 amide bonds. The van der Waals surface area contributed by atoms with E-state index < -0.39 is 23.4 Å². The molecule has 0 radical (unpaired) electrons. The maximum Gasteiger partial charge on any atom is 0.249 e. The molecule has 0 heterocycles. The number of carbonyl (C=O) groups is 1. The Kier molecular flexibility index (Phi) is 3.93. The molecule has 0 aliphatic rings. The second kappa shape index (κ2) is 5.64. The first-order chi connectivity index (χ1) is 9.49. The van der Waals surface area contributed by atoms with Gasteiger partial charge in [0.15, 0.2) is 17.5 Å². The number of rotatable bonds is 4. The van der Waals surface area contributed by atoms with Crippen LogP contribution < -0.4 is 11.1 Å². The van der Waals surface area contributed by atoms with Crippen LogP contribution in [0.3, 0.4) is 0 Å². The van der Waals surface area contributed by atoms with Crippen LogP contribution in [0.1, 0.15) is 15.9 Å². The van der Waals surface area contributed by atoms with Gasteiger partial charge in [-0.15, -0.1) is 0 Å². The van der Waals surface area contributed by atoms with Crippen LogP contribution in [0.5, 0.6) is 0 Å². The molecule has 3 nitrogen and oxygen atoms in total. The summed E-state index contributed by atoms with van der Waals surface area (Å²) in [6.45, 7) is 0.129. The highest BCUT2D eigenvalue weighted by molar-refractivity contribution is 5.94. The van der Waals surface area contributed by atoms with E-state index >= 15 is 0 Å². The molecule has 0 aromatic heterocycles. The summed E-state index contributed by atoms with van der Waals surface area (Å²) in [6, 6.07) is 8.24. The Morgan fingerprint density at radius 3 is 2.30 bits per heavy atom. The van der Waals surface area contributed by atoms with Gasteiger partial charge in [0.1, 0.15) is 0 Å². The zero-order valence-corrected chi connectivity index (χ0v) is 10.3. The van der Waals surface area contributed by atoms with Crippen molar-refractivity contribution >= 4 is 11.6 Å². The SMILES string of the molecule is NC(=O)c1ccccc1CNc1cc(F)c(F)c(F)c1. The average Bonchev–Trinajstić information content (AvgIpc) is 2.42. The van der Waals surface area contributed by atoms with Gasteiger partial charge in [-0.3, -0.25) is 4.79 Å². The Hall–Kier alpha value is -2.50. The Morgan fingerprint density at radius 1 is 1.10 bits per heavy atom. The standard InChI is InChI=1S/C14H11F3N2O/c15-11-5-9(6-12(16)13(11)17)19-7-8-3-1-2-4-10(8)14(18)20/h1-6,19H,7H2,(H2,18,20). The van der Waals surface area contributed by atoms with Crippen LogP contribution >= 0.6 is 0 Å². The van der Waals surface area contributed by atoms with Crippen molar-refractivity contribution < 1.29 is 18.0 Å². The zero-order chi connectivity index (χ0) is 14.7. The summed E-state index contributed by atoms with van der Waals surface area (Å²) in [5, 5.41) is 2.71. The first-order valence-corrected chi connectivity index (χ1v) is 5.75. The molecule has 20 heavy (non-hydrogen) atoms. The first-order valence-electron chi connectivity index (χ1n) is 5.75. The summed E-state index contributed by atoms with van der Waals surface area (Å²) in [6.07, 6.45) is 0. The molecule has 104 valence electrons. The van der Waals surface area contributed by atoms with Crippen LogP contribution in [0.4, 0.5) is 18.9 Å². The lowest BCUT2D eigenvalue weighted by Crippen LogP contribution is -2.15. The van der Waals surface area contributed by atoms with Gasteiger partial charge in [0, 0.05) is 29.9 Å². The number of benzene rings is 2. The van der Waals surface area contributed by atoms with Crippen molar-refractivity contribution in [2.75, 3.05) is 5.32 Å². The van der Waals surface area contributed by atoms with Crippen molar-refractivity contribution in [3.05, 3.63) is 65.0 Å². The van der Waals surface area contributed by atoms with Crippen LogP contribution in [0.15, 0.2) is 36.4 Å². The monoisotopic (exact) mass is 280 g/mol. The van der Waals surface area contributed by atoms with E-state index in [2.05, 4.69) is 5.32 Å². The van der Waals surface area contributed by atoms with Crippen LogP contribution in [0.2, 0.25) is 0 Å². The summed E-state index contributed by atoms with van der Waals surface area (Å²) in [5.41, 5.74) is 6.17. The molecule has 2 aromatic rings. The highest BCUT2D eigenvalue weighted by atomic mass is 19.2. The zero-order valence-electron chi connectivity index (χ0n) is 10.3. The number of nitrogens with two attached hydrogens (primary N) is 1. The van der Waals surface area contributed by atoms with Crippen molar-refractivity contribution in [3.63, 3.8) is 0 Å². The molecular weight excluding hydrogens is 269 g/mol. The van der Waals surface area contributed by atoms with Crippen molar-refractivity contribution in [1.82, 2.24) is 0 Å². The second-order valence-corrected chi connectivity index (χ2v) is 4.13. The summed E-state index contributed by atoms with van der Waals surface area (Å²) >= 11 is 0. The number of primary amides is 1. The van der Waals surface area contributed by atoms with Gasteiger partial charge in [-0.05, 0) is 11.6 Å². The number of nitrogens with one attached hydrogen (secondary N) is 1. The molecular formula is C14H11F3N2O. The number of anilines is 1. The minimum absolute atomic E-state index is 0.0701. The Morgan fingerprint density at radius 2 is 1.70 bits per heavy atom. The molecule has 0 saturated heterocycles. The maximum absolute atomic E-state index is 13.0. The van der Waals surface area contributed by atoms with Crippen LogP contribution in [0, 0.1) is 17.5 Å². The highest BCUT2D eigenvalue weighted by Gasteiger charge is 2.11. The summed E-state index contributed by atoms with van der Waals surface area (Å²) < 4.78 is 38.9. The molecule has 3 N–H and O–H groups in total. The summed E-state index contributed by atoms with van der Waals surface area (Å²) in [7, 11) is 0. The fraction of sp³-hybridized carbons (Fsp3) is 0.0714. The van der Waals surface area contributed by atoms with Gasteiger partial charge in [0.05, 0.1) is 0 Å². The fourth-order valence-corrected chi connectivity index (χ4v) is 1.77. The molecule has 0 aliphatic heterocycles. The minimum Gasteiger partial charge on any atom is -0.381 e. The van der Waals surface area contributed by atoms with E-state index in [1.54, 1.807) is 24.3 Å². The molecule has 2 aromatic carbocycles.